The van der Waals surface area contributed by atoms with E-state index >= 15 is 0 Å². The van der Waals surface area contributed by atoms with Crippen molar-refractivity contribution in [3.8, 4) is 0 Å². The molecule has 1 aromatic rings. The zero-order chi connectivity index (χ0) is 14.6. The largest absolute Gasteiger partial charge is 0.478 e. The summed E-state index contributed by atoms with van der Waals surface area (Å²) in [6.45, 7) is 6.07. The van der Waals surface area contributed by atoms with E-state index in [-0.39, 0.29) is 11.4 Å². The van der Waals surface area contributed by atoms with E-state index in [1.54, 1.807) is 12.1 Å². The number of rotatable bonds is 5. The minimum atomic E-state index is -1.05. The van der Waals surface area contributed by atoms with Gasteiger partial charge in [0.15, 0.2) is 0 Å². The highest BCUT2D eigenvalue weighted by Gasteiger charge is 2.25. The second-order valence-electron chi connectivity index (χ2n) is 5.07. The van der Waals surface area contributed by atoms with E-state index in [1.807, 2.05) is 32.7 Å². The number of aliphatic carboxylic acids is 1. The summed E-state index contributed by atoms with van der Waals surface area (Å²) >= 11 is 0. The van der Waals surface area contributed by atoms with Crippen molar-refractivity contribution in [2.75, 3.05) is 11.9 Å². The molecular formula is C15H20FNO2. The Kier molecular flexibility index (Phi) is 4.70. The molecule has 0 radical (unpaired) electrons. The number of hydrogen-bond donors (Lipinski definition) is 1. The quantitative estimate of drug-likeness (QED) is 0.828. The summed E-state index contributed by atoms with van der Waals surface area (Å²) < 4.78 is 14.1. The molecule has 1 rings (SSSR count). The standard InChI is InChI=1S/C15H20FNO2/c1-5-15(2,3)17(4)14-11(9-10-13(18)19)7-6-8-12(14)16/h6-10H,5H2,1-4H3,(H,18,19)/b10-9+. The fourth-order valence-electron chi connectivity index (χ4n) is 1.72. The summed E-state index contributed by atoms with van der Waals surface area (Å²) in [7, 11) is 1.82. The molecule has 4 heteroatoms. The second kappa shape index (κ2) is 5.87. The van der Waals surface area contributed by atoms with E-state index in [2.05, 4.69) is 0 Å². The van der Waals surface area contributed by atoms with Crippen LogP contribution in [0, 0.1) is 5.82 Å². The molecule has 0 aliphatic heterocycles. The van der Waals surface area contributed by atoms with Gasteiger partial charge in [-0.1, -0.05) is 19.1 Å². The van der Waals surface area contributed by atoms with Crippen LogP contribution in [0.4, 0.5) is 10.1 Å². The zero-order valence-electron chi connectivity index (χ0n) is 11.8. The van der Waals surface area contributed by atoms with Gasteiger partial charge in [-0.15, -0.1) is 0 Å². The molecule has 0 amide bonds. The Labute approximate surface area is 113 Å². The lowest BCUT2D eigenvalue weighted by Crippen LogP contribution is -2.41. The molecule has 0 aliphatic rings. The Morgan fingerprint density at radius 2 is 2.11 bits per heavy atom. The fraction of sp³-hybridized carbons (Fsp3) is 0.400. The highest BCUT2D eigenvalue weighted by Crippen LogP contribution is 2.31. The van der Waals surface area contributed by atoms with Gasteiger partial charge in [0.2, 0.25) is 0 Å². The summed E-state index contributed by atoms with van der Waals surface area (Å²) in [5, 5.41) is 8.69. The van der Waals surface area contributed by atoms with Gasteiger partial charge in [-0.3, -0.25) is 0 Å². The fourth-order valence-corrected chi connectivity index (χ4v) is 1.72. The Morgan fingerprint density at radius 3 is 2.63 bits per heavy atom. The van der Waals surface area contributed by atoms with E-state index < -0.39 is 5.97 Å². The van der Waals surface area contributed by atoms with Crippen LogP contribution in [0.15, 0.2) is 24.3 Å². The van der Waals surface area contributed by atoms with Crippen molar-refractivity contribution in [3.05, 3.63) is 35.7 Å². The molecule has 3 nitrogen and oxygen atoms in total. The Hall–Kier alpha value is -1.84. The summed E-state index contributed by atoms with van der Waals surface area (Å²) in [5.41, 5.74) is 0.770. The number of halogens is 1. The minimum absolute atomic E-state index is 0.214. The van der Waals surface area contributed by atoms with Gasteiger partial charge >= 0.3 is 5.97 Å². The number of nitrogens with zero attached hydrogens (tertiary/aromatic N) is 1. The monoisotopic (exact) mass is 265 g/mol. The molecule has 104 valence electrons. The number of carboxylic acids is 1. The highest BCUT2D eigenvalue weighted by molar-refractivity contribution is 5.87. The highest BCUT2D eigenvalue weighted by atomic mass is 19.1. The second-order valence-corrected chi connectivity index (χ2v) is 5.07. The van der Waals surface area contributed by atoms with Crippen molar-refractivity contribution in [3.63, 3.8) is 0 Å². The first-order valence-corrected chi connectivity index (χ1v) is 6.23. The minimum Gasteiger partial charge on any atom is -0.478 e. The van der Waals surface area contributed by atoms with Crippen molar-refractivity contribution >= 4 is 17.7 Å². The molecule has 0 aliphatic carbocycles. The van der Waals surface area contributed by atoms with Crippen molar-refractivity contribution in [1.82, 2.24) is 0 Å². The van der Waals surface area contributed by atoms with Crippen molar-refractivity contribution in [2.45, 2.75) is 32.7 Å². The average molecular weight is 265 g/mol. The first kappa shape index (κ1) is 15.2. The molecule has 1 aromatic carbocycles. The van der Waals surface area contributed by atoms with Crippen LogP contribution in [0.25, 0.3) is 6.08 Å². The summed E-state index contributed by atoms with van der Waals surface area (Å²) in [6, 6.07) is 4.67. The summed E-state index contributed by atoms with van der Waals surface area (Å²) in [5.74, 6) is -1.40. The van der Waals surface area contributed by atoms with Gasteiger partial charge in [-0.2, -0.15) is 0 Å². The lowest BCUT2D eigenvalue weighted by atomic mass is 9.97. The van der Waals surface area contributed by atoms with Gasteiger partial charge in [0.1, 0.15) is 5.82 Å². The molecule has 0 fully saturated rings. The summed E-state index contributed by atoms with van der Waals surface area (Å²) in [4.78, 5) is 12.4. The Balaban J connectivity index is 3.29. The maximum absolute atomic E-state index is 14.1. The molecule has 0 atom stereocenters. The first-order chi connectivity index (χ1) is 8.79. The molecule has 0 saturated heterocycles. The van der Waals surface area contributed by atoms with Gasteiger partial charge in [-0.05, 0) is 32.4 Å². The van der Waals surface area contributed by atoms with E-state index in [1.165, 1.54) is 12.1 Å². The van der Waals surface area contributed by atoms with Crippen molar-refractivity contribution in [1.29, 1.82) is 0 Å². The Bertz CT molecular complexity index is 495. The van der Waals surface area contributed by atoms with Gasteiger partial charge in [0.05, 0.1) is 5.69 Å². The Morgan fingerprint density at radius 1 is 1.47 bits per heavy atom. The number of carbonyl (C=O) groups is 1. The van der Waals surface area contributed by atoms with Crippen LogP contribution in [-0.2, 0) is 4.79 Å². The average Bonchev–Trinajstić information content (AvgIpc) is 2.35. The topological polar surface area (TPSA) is 40.5 Å². The number of benzene rings is 1. The summed E-state index contributed by atoms with van der Waals surface area (Å²) in [6.07, 6.45) is 3.29. The molecule has 0 saturated carbocycles. The molecule has 0 bridgehead atoms. The normalized spacial score (nSPS) is 11.8. The zero-order valence-corrected chi connectivity index (χ0v) is 11.8. The van der Waals surface area contributed by atoms with Gasteiger partial charge in [-0.25, -0.2) is 9.18 Å². The lowest BCUT2D eigenvalue weighted by molar-refractivity contribution is -0.131. The SMILES string of the molecule is CCC(C)(C)N(C)c1c(F)cccc1/C=C/C(=O)O. The number of carboxylic acid groups (broad SMARTS) is 1. The maximum Gasteiger partial charge on any atom is 0.328 e. The first-order valence-electron chi connectivity index (χ1n) is 6.23. The van der Waals surface area contributed by atoms with Gasteiger partial charge < -0.3 is 10.0 Å². The third-order valence-electron chi connectivity index (χ3n) is 3.53. The molecule has 19 heavy (non-hydrogen) atoms. The van der Waals surface area contributed by atoms with Crippen LogP contribution in [0.5, 0.6) is 0 Å². The third kappa shape index (κ3) is 3.56. The number of anilines is 1. The van der Waals surface area contributed by atoms with E-state index in [0.29, 0.717) is 11.3 Å². The molecule has 1 N–H and O–H groups in total. The van der Waals surface area contributed by atoms with Gasteiger partial charge in [0.25, 0.3) is 0 Å². The van der Waals surface area contributed by atoms with Crippen molar-refractivity contribution in [2.24, 2.45) is 0 Å². The lowest BCUT2D eigenvalue weighted by Gasteiger charge is -2.37. The number of hydrogen-bond acceptors (Lipinski definition) is 2. The molecular weight excluding hydrogens is 245 g/mol. The van der Waals surface area contributed by atoms with Crippen LogP contribution >= 0.6 is 0 Å². The predicted molar refractivity (Wildman–Crippen MR) is 75.8 cm³/mol. The van der Waals surface area contributed by atoms with Crippen LogP contribution in [-0.4, -0.2) is 23.7 Å². The van der Waals surface area contributed by atoms with Crippen LogP contribution < -0.4 is 4.90 Å². The molecule has 0 spiro atoms. The van der Waals surface area contributed by atoms with E-state index in [9.17, 15) is 9.18 Å². The molecule has 0 aromatic heterocycles. The number of para-hydroxylation sites is 1. The van der Waals surface area contributed by atoms with Crippen LogP contribution in [0.2, 0.25) is 0 Å². The van der Waals surface area contributed by atoms with E-state index in [0.717, 1.165) is 12.5 Å². The molecule has 0 unspecified atom stereocenters. The smallest absolute Gasteiger partial charge is 0.328 e. The van der Waals surface area contributed by atoms with E-state index in [4.69, 9.17) is 5.11 Å². The van der Waals surface area contributed by atoms with Crippen LogP contribution in [0.1, 0.15) is 32.8 Å². The predicted octanol–water partition coefficient (Wildman–Crippen LogP) is 3.55. The molecule has 0 heterocycles. The third-order valence-corrected chi connectivity index (χ3v) is 3.53. The van der Waals surface area contributed by atoms with Crippen LogP contribution in [0.3, 0.4) is 0 Å². The van der Waals surface area contributed by atoms with Gasteiger partial charge in [0, 0.05) is 24.2 Å². The maximum atomic E-state index is 14.1. The van der Waals surface area contributed by atoms with Crippen molar-refractivity contribution < 1.29 is 14.3 Å².